The Bertz CT molecular complexity index is 595. The molecule has 0 spiro atoms. The molecule has 104 valence electrons. The second-order valence-corrected chi connectivity index (χ2v) is 5.15. The molecule has 7 heteroatoms. The van der Waals surface area contributed by atoms with E-state index in [9.17, 15) is 4.79 Å². The highest BCUT2D eigenvalue weighted by atomic mass is 35.5. The third-order valence-corrected chi connectivity index (χ3v) is 3.54. The number of ether oxygens (including phenoxy) is 1. The Kier molecular flexibility index (Phi) is 5.09. The number of benzene rings is 1. The van der Waals surface area contributed by atoms with Crippen LogP contribution in [-0.4, -0.2) is 18.2 Å². The summed E-state index contributed by atoms with van der Waals surface area (Å²) in [4.78, 5) is 16.1. The first-order chi connectivity index (χ1) is 9.69. The molecule has 0 saturated carbocycles. The average Bonchev–Trinajstić information content (AvgIpc) is 2.47. The SMILES string of the molecule is COC(=O)NNc1ccc(Sc2ccccn2)cc1Cl. The second-order valence-electron chi connectivity index (χ2n) is 3.65. The Labute approximate surface area is 125 Å². The van der Waals surface area contributed by atoms with Gasteiger partial charge in [-0.25, -0.2) is 15.2 Å². The first-order valence-electron chi connectivity index (χ1n) is 5.67. The third kappa shape index (κ3) is 4.04. The Hall–Kier alpha value is -1.92. The van der Waals surface area contributed by atoms with Crippen LogP contribution in [0, 0.1) is 0 Å². The smallest absolute Gasteiger partial charge is 0.425 e. The van der Waals surface area contributed by atoms with E-state index < -0.39 is 6.09 Å². The van der Waals surface area contributed by atoms with E-state index >= 15 is 0 Å². The molecular weight excluding hydrogens is 298 g/mol. The van der Waals surface area contributed by atoms with Gasteiger partial charge in [0.2, 0.25) is 0 Å². The van der Waals surface area contributed by atoms with Crippen molar-refractivity contribution in [1.82, 2.24) is 10.4 Å². The maximum absolute atomic E-state index is 11.0. The molecule has 0 aliphatic carbocycles. The Balaban J connectivity index is 2.04. The molecule has 0 atom stereocenters. The van der Waals surface area contributed by atoms with Gasteiger partial charge in [-0.2, -0.15) is 0 Å². The van der Waals surface area contributed by atoms with Gasteiger partial charge in [-0.3, -0.25) is 5.43 Å². The van der Waals surface area contributed by atoms with Gasteiger partial charge in [-0.1, -0.05) is 29.4 Å². The molecule has 0 aliphatic heterocycles. The normalized spacial score (nSPS) is 9.90. The van der Waals surface area contributed by atoms with Crippen molar-refractivity contribution >= 4 is 35.1 Å². The topological polar surface area (TPSA) is 63.2 Å². The lowest BCUT2D eigenvalue weighted by molar-refractivity contribution is 0.173. The molecule has 2 aromatic rings. The lowest BCUT2D eigenvalue weighted by atomic mass is 10.3. The zero-order valence-electron chi connectivity index (χ0n) is 10.6. The zero-order valence-corrected chi connectivity index (χ0v) is 12.2. The van der Waals surface area contributed by atoms with E-state index in [1.807, 2.05) is 24.3 Å². The summed E-state index contributed by atoms with van der Waals surface area (Å²) in [5.74, 6) is 0. The molecule has 1 aromatic carbocycles. The van der Waals surface area contributed by atoms with Gasteiger partial charge < -0.3 is 4.74 Å². The van der Waals surface area contributed by atoms with E-state index in [1.54, 1.807) is 18.3 Å². The summed E-state index contributed by atoms with van der Waals surface area (Å²) in [5, 5.41) is 1.37. The average molecular weight is 310 g/mol. The third-order valence-electron chi connectivity index (χ3n) is 2.29. The number of hydrazine groups is 1. The summed E-state index contributed by atoms with van der Waals surface area (Å²) in [5.41, 5.74) is 5.60. The maximum atomic E-state index is 11.0. The predicted molar refractivity (Wildman–Crippen MR) is 79.0 cm³/mol. The molecule has 1 heterocycles. The van der Waals surface area contributed by atoms with Crippen molar-refractivity contribution in [2.24, 2.45) is 0 Å². The van der Waals surface area contributed by atoms with Crippen molar-refractivity contribution in [3.63, 3.8) is 0 Å². The lowest BCUT2D eigenvalue weighted by Gasteiger charge is -2.10. The van der Waals surface area contributed by atoms with Crippen molar-refractivity contribution < 1.29 is 9.53 Å². The molecule has 0 radical (unpaired) electrons. The molecule has 0 aliphatic rings. The number of methoxy groups -OCH3 is 1. The fourth-order valence-electron chi connectivity index (χ4n) is 1.36. The van der Waals surface area contributed by atoms with E-state index in [0.29, 0.717) is 10.7 Å². The molecule has 0 fully saturated rings. The van der Waals surface area contributed by atoms with Crippen LogP contribution < -0.4 is 10.9 Å². The predicted octanol–water partition coefficient (Wildman–Crippen LogP) is 3.57. The maximum Gasteiger partial charge on any atom is 0.425 e. The van der Waals surface area contributed by atoms with Crippen LogP contribution >= 0.6 is 23.4 Å². The minimum absolute atomic E-state index is 0.488. The summed E-state index contributed by atoms with van der Waals surface area (Å²) >= 11 is 7.64. The number of hydrogen-bond donors (Lipinski definition) is 2. The molecule has 5 nitrogen and oxygen atoms in total. The van der Waals surface area contributed by atoms with E-state index in [2.05, 4.69) is 20.6 Å². The quantitative estimate of drug-likeness (QED) is 0.845. The van der Waals surface area contributed by atoms with Crippen molar-refractivity contribution in [2.75, 3.05) is 12.5 Å². The van der Waals surface area contributed by atoms with Gasteiger partial charge in [0.05, 0.1) is 17.8 Å². The van der Waals surface area contributed by atoms with Gasteiger partial charge in [0.15, 0.2) is 0 Å². The fourth-order valence-corrected chi connectivity index (χ4v) is 2.47. The van der Waals surface area contributed by atoms with E-state index in [0.717, 1.165) is 9.92 Å². The van der Waals surface area contributed by atoms with Gasteiger partial charge in [0.25, 0.3) is 0 Å². The monoisotopic (exact) mass is 309 g/mol. The number of nitrogens with zero attached hydrogens (tertiary/aromatic N) is 1. The molecule has 0 bridgehead atoms. The molecule has 2 N–H and O–H groups in total. The largest absolute Gasteiger partial charge is 0.452 e. The highest BCUT2D eigenvalue weighted by molar-refractivity contribution is 7.99. The fraction of sp³-hybridized carbons (Fsp3) is 0.0769. The van der Waals surface area contributed by atoms with Crippen LogP contribution in [0.25, 0.3) is 0 Å². The second kappa shape index (κ2) is 7.02. The Morgan fingerprint density at radius 3 is 2.85 bits per heavy atom. The van der Waals surface area contributed by atoms with Gasteiger partial charge in [-0.05, 0) is 30.3 Å². The van der Waals surface area contributed by atoms with Gasteiger partial charge in [0.1, 0.15) is 5.03 Å². The van der Waals surface area contributed by atoms with Gasteiger partial charge in [-0.15, -0.1) is 0 Å². The number of anilines is 1. The summed E-state index contributed by atoms with van der Waals surface area (Å²) in [6.45, 7) is 0. The van der Waals surface area contributed by atoms with Crippen LogP contribution in [0.15, 0.2) is 52.5 Å². The van der Waals surface area contributed by atoms with Crippen LogP contribution in [0.5, 0.6) is 0 Å². The van der Waals surface area contributed by atoms with Gasteiger partial charge in [0, 0.05) is 11.1 Å². The molecule has 0 unspecified atom stereocenters. The summed E-state index contributed by atoms with van der Waals surface area (Å²) < 4.78 is 4.45. The standard InChI is InChI=1S/C13H12ClN3O2S/c1-19-13(18)17-16-11-6-5-9(8-10(11)14)20-12-4-2-3-7-15-12/h2-8,16H,1H3,(H,17,18). The number of aromatic nitrogens is 1. The first-order valence-corrected chi connectivity index (χ1v) is 6.87. The number of amides is 1. The van der Waals surface area contributed by atoms with Crippen LogP contribution in [-0.2, 0) is 4.74 Å². The highest BCUT2D eigenvalue weighted by Gasteiger charge is 2.05. The van der Waals surface area contributed by atoms with Gasteiger partial charge >= 0.3 is 6.09 Å². The van der Waals surface area contributed by atoms with E-state index in [1.165, 1.54) is 18.9 Å². The molecule has 1 aromatic heterocycles. The number of hydrogen-bond acceptors (Lipinski definition) is 5. The molecule has 0 saturated heterocycles. The zero-order chi connectivity index (χ0) is 14.4. The van der Waals surface area contributed by atoms with Crippen molar-refractivity contribution in [3.8, 4) is 0 Å². The molecule has 20 heavy (non-hydrogen) atoms. The minimum Gasteiger partial charge on any atom is -0.452 e. The van der Waals surface area contributed by atoms with Crippen molar-refractivity contribution in [1.29, 1.82) is 0 Å². The lowest BCUT2D eigenvalue weighted by Crippen LogP contribution is -2.29. The van der Waals surface area contributed by atoms with Crippen LogP contribution in [0.4, 0.5) is 10.5 Å². The highest BCUT2D eigenvalue weighted by Crippen LogP contribution is 2.31. The summed E-state index contributed by atoms with van der Waals surface area (Å²) in [6.07, 6.45) is 1.15. The number of carbonyl (C=O) groups excluding carboxylic acids is 1. The molecule has 1 amide bonds. The van der Waals surface area contributed by atoms with Crippen LogP contribution in [0.2, 0.25) is 5.02 Å². The number of rotatable bonds is 4. The number of pyridine rings is 1. The van der Waals surface area contributed by atoms with E-state index in [4.69, 9.17) is 11.6 Å². The van der Waals surface area contributed by atoms with Crippen molar-refractivity contribution in [2.45, 2.75) is 9.92 Å². The summed E-state index contributed by atoms with van der Waals surface area (Å²) in [7, 11) is 1.28. The van der Waals surface area contributed by atoms with Crippen LogP contribution in [0.3, 0.4) is 0 Å². The number of halogens is 1. The number of nitrogens with one attached hydrogen (secondary N) is 2. The van der Waals surface area contributed by atoms with E-state index in [-0.39, 0.29) is 0 Å². The molecular formula is C13H12ClN3O2S. The van der Waals surface area contributed by atoms with Crippen LogP contribution in [0.1, 0.15) is 0 Å². The molecule has 2 rings (SSSR count). The minimum atomic E-state index is -0.590. The number of carbonyl (C=O) groups is 1. The Morgan fingerprint density at radius 1 is 1.35 bits per heavy atom. The summed E-state index contributed by atoms with van der Waals surface area (Å²) in [6, 6.07) is 11.2. The Morgan fingerprint density at radius 2 is 2.20 bits per heavy atom. The van der Waals surface area contributed by atoms with Crippen molar-refractivity contribution in [3.05, 3.63) is 47.6 Å². The first kappa shape index (κ1) is 14.5.